The Morgan fingerprint density at radius 3 is 2.60 bits per heavy atom. The van der Waals surface area contributed by atoms with Crippen molar-refractivity contribution in [3.8, 4) is 11.1 Å². The van der Waals surface area contributed by atoms with Crippen molar-refractivity contribution in [2.45, 2.75) is 6.92 Å². The molecule has 4 N–H and O–H groups in total. The number of nitrogens with one attached hydrogen (secondary N) is 2. The molecule has 0 saturated heterocycles. The molecule has 4 nitrogen and oxygen atoms in total. The van der Waals surface area contributed by atoms with E-state index in [0.29, 0.717) is 5.69 Å². The lowest BCUT2D eigenvalue weighted by atomic mass is 10.0. The van der Waals surface area contributed by atoms with Gasteiger partial charge in [0, 0.05) is 16.5 Å². The van der Waals surface area contributed by atoms with Crippen molar-refractivity contribution in [2.75, 3.05) is 0 Å². The van der Waals surface area contributed by atoms with Gasteiger partial charge in [-0.3, -0.25) is 10.2 Å². The number of H-pyrrole nitrogens is 1. The number of carbonyl (C=O) groups is 1. The number of hydrogen-bond acceptors (Lipinski definition) is 2. The van der Waals surface area contributed by atoms with Crippen LogP contribution < -0.4 is 11.3 Å². The number of rotatable bonds is 2. The number of nitrogens with two attached hydrogens (primary N) is 1. The van der Waals surface area contributed by atoms with Crippen LogP contribution in [0.4, 0.5) is 0 Å². The van der Waals surface area contributed by atoms with Gasteiger partial charge in [0.15, 0.2) is 0 Å². The highest BCUT2D eigenvalue weighted by Gasteiger charge is 2.18. The van der Waals surface area contributed by atoms with E-state index in [-0.39, 0.29) is 5.91 Å². The second-order valence-corrected chi connectivity index (χ2v) is 4.76. The number of aryl methyl sites for hydroxylation is 1. The van der Waals surface area contributed by atoms with Gasteiger partial charge < -0.3 is 4.98 Å². The van der Waals surface area contributed by atoms with Crippen LogP contribution in [0.1, 0.15) is 16.1 Å². The maximum Gasteiger partial charge on any atom is 0.282 e. The number of hydrazine groups is 1. The van der Waals surface area contributed by atoms with Crippen LogP contribution in [0.25, 0.3) is 22.0 Å². The molecule has 3 rings (SSSR count). The van der Waals surface area contributed by atoms with Crippen LogP contribution in [-0.2, 0) is 0 Å². The van der Waals surface area contributed by atoms with Crippen molar-refractivity contribution >= 4 is 16.8 Å². The molecule has 1 aromatic heterocycles. The van der Waals surface area contributed by atoms with Gasteiger partial charge in [-0.25, -0.2) is 5.84 Å². The van der Waals surface area contributed by atoms with E-state index in [0.717, 1.165) is 27.6 Å². The van der Waals surface area contributed by atoms with Gasteiger partial charge in [-0.1, -0.05) is 42.0 Å². The van der Waals surface area contributed by atoms with Crippen LogP contribution in [-0.4, -0.2) is 10.9 Å². The average molecular weight is 265 g/mol. The van der Waals surface area contributed by atoms with Gasteiger partial charge in [0.05, 0.1) is 0 Å². The van der Waals surface area contributed by atoms with Gasteiger partial charge in [-0.05, 0) is 24.6 Å². The van der Waals surface area contributed by atoms with E-state index < -0.39 is 0 Å². The smallest absolute Gasteiger partial charge is 0.282 e. The van der Waals surface area contributed by atoms with Crippen molar-refractivity contribution in [1.82, 2.24) is 10.4 Å². The lowest BCUT2D eigenvalue weighted by Crippen LogP contribution is -2.30. The Kier molecular flexibility index (Phi) is 3.00. The maximum absolute atomic E-state index is 12.0. The van der Waals surface area contributed by atoms with Crippen molar-refractivity contribution in [2.24, 2.45) is 5.84 Å². The molecule has 0 radical (unpaired) electrons. The molecule has 0 unspecified atom stereocenters. The van der Waals surface area contributed by atoms with E-state index in [9.17, 15) is 4.79 Å². The average Bonchev–Trinajstić information content (AvgIpc) is 2.85. The number of nitrogen functional groups attached to an aromatic ring is 1. The fraction of sp³-hybridized carbons (Fsp3) is 0.0625. The number of carbonyl (C=O) groups excluding carboxylic acids is 1. The summed E-state index contributed by atoms with van der Waals surface area (Å²) in [5, 5.41) is 1.02. The predicted octanol–water partition coefficient (Wildman–Crippen LogP) is 2.75. The molecule has 3 aromatic rings. The lowest BCUT2D eigenvalue weighted by molar-refractivity contribution is 0.0950. The first-order valence-corrected chi connectivity index (χ1v) is 6.39. The highest BCUT2D eigenvalue weighted by molar-refractivity contribution is 6.09. The maximum atomic E-state index is 12.0. The summed E-state index contributed by atoms with van der Waals surface area (Å²) in [5.74, 6) is 4.96. The van der Waals surface area contributed by atoms with Crippen LogP contribution in [0.15, 0.2) is 48.5 Å². The molecule has 0 fully saturated rings. The zero-order valence-electron chi connectivity index (χ0n) is 11.1. The molecule has 2 aromatic carbocycles. The number of aromatic amines is 1. The van der Waals surface area contributed by atoms with E-state index in [2.05, 4.69) is 16.5 Å². The minimum absolute atomic E-state index is 0.322. The van der Waals surface area contributed by atoms with E-state index in [1.807, 2.05) is 49.4 Å². The highest BCUT2D eigenvalue weighted by atomic mass is 16.2. The topological polar surface area (TPSA) is 70.9 Å². The molecular weight excluding hydrogens is 250 g/mol. The van der Waals surface area contributed by atoms with Crippen LogP contribution >= 0.6 is 0 Å². The lowest BCUT2D eigenvalue weighted by Gasteiger charge is -2.04. The van der Waals surface area contributed by atoms with Gasteiger partial charge in [-0.2, -0.15) is 0 Å². The molecule has 100 valence electrons. The summed E-state index contributed by atoms with van der Waals surface area (Å²) < 4.78 is 0. The zero-order chi connectivity index (χ0) is 14.1. The summed E-state index contributed by atoms with van der Waals surface area (Å²) in [6, 6.07) is 15.9. The molecular formula is C16H15N3O. The van der Waals surface area contributed by atoms with Crippen molar-refractivity contribution < 1.29 is 4.79 Å². The number of aromatic nitrogens is 1. The third kappa shape index (κ3) is 1.96. The second-order valence-electron chi connectivity index (χ2n) is 4.76. The molecule has 0 bridgehead atoms. The van der Waals surface area contributed by atoms with Crippen LogP contribution in [0.2, 0.25) is 0 Å². The molecule has 0 aliphatic carbocycles. The summed E-state index contributed by atoms with van der Waals surface area (Å²) in [5.41, 5.74) is 6.62. The fourth-order valence-corrected chi connectivity index (χ4v) is 2.45. The van der Waals surface area contributed by atoms with Crippen LogP contribution in [0.5, 0.6) is 0 Å². The monoisotopic (exact) mass is 265 g/mol. The molecule has 0 aliphatic rings. The summed E-state index contributed by atoms with van der Waals surface area (Å²) in [6.45, 7) is 2.03. The Hall–Kier alpha value is -2.59. The van der Waals surface area contributed by atoms with Gasteiger partial charge >= 0.3 is 0 Å². The van der Waals surface area contributed by atoms with E-state index in [4.69, 9.17) is 5.84 Å². The highest BCUT2D eigenvalue weighted by Crippen LogP contribution is 2.32. The normalized spacial score (nSPS) is 10.7. The fourth-order valence-electron chi connectivity index (χ4n) is 2.45. The number of amides is 1. The Morgan fingerprint density at radius 1 is 1.15 bits per heavy atom. The third-order valence-corrected chi connectivity index (χ3v) is 3.37. The molecule has 20 heavy (non-hydrogen) atoms. The van der Waals surface area contributed by atoms with Crippen molar-refractivity contribution in [3.63, 3.8) is 0 Å². The second kappa shape index (κ2) is 4.83. The van der Waals surface area contributed by atoms with Crippen LogP contribution in [0, 0.1) is 6.92 Å². The Morgan fingerprint density at radius 2 is 1.90 bits per heavy atom. The molecule has 1 heterocycles. The Balaban J connectivity index is 2.36. The molecule has 0 aliphatic heterocycles. The Labute approximate surface area is 116 Å². The van der Waals surface area contributed by atoms with Gasteiger partial charge in [-0.15, -0.1) is 0 Å². The van der Waals surface area contributed by atoms with E-state index >= 15 is 0 Å². The molecule has 0 spiro atoms. The predicted molar refractivity (Wildman–Crippen MR) is 80.1 cm³/mol. The quantitative estimate of drug-likeness (QED) is 0.379. The molecule has 0 atom stereocenters. The number of benzene rings is 2. The summed E-state index contributed by atoms with van der Waals surface area (Å²) in [6.07, 6.45) is 0. The zero-order valence-corrected chi connectivity index (χ0v) is 11.1. The summed E-state index contributed by atoms with van der Waals surface area (Å²) in [4.78, 5) is 15.1. The van der Waals surface area contributed by atoms with Crippen LogP contribution in [0.3, 0.4) is 0 Å². The third-order valence-electron chi connectivity index (χ3n) is 3.37. The number of hydrogen-bond donors (Lipinski definition) is 3. The standard InChI is InChI=1S/C16H15N3O/c1-10-7-8-13-12(9-10)14(11-5-3-2-4-6-11)15(18-13)16(20)19-17/h2-9,18H,17H2,1H3,(H,19,20). The van der Waals surface area contributed by atoms with Gasteiger partial charge in [0.2, 0.25) is 0 Å². The first-order valence-electron chi connectivity index (χ1n) is 6.39. The van der Waals surface area contributed by atoms with Gasteiger partial charge in [0.1, 0.15) is 5.69 Å². The first-order chi connectivity index (χ1) is 9.70. The minimum atomic E-state index is -0.322. The van der Waals surface area contributed by atoms with Gasteiger partial charge in [0.25, 0.3) is 5.91 Å². The molecule has 0 saturated carbocycles. The van der Waals surface area contributed by atoms with Crippen molar-refractivity contribution in [3.05, 3.63) is 59.8 Å². The molecule has 4 heteroatoms. The summed E-state index contributed by atoms with van der Waals surface area (Å²) >= 11 is 0. The Bertz CT molecular complexity index is 775. The number of fused-ring (bicyclic) bond motifs is 1. The van der Waals surface area contributed by atoms with E-state index in [1.165, 1.54) is 0 Å². The first kappa shape index (κ1) is 12.4. The SMILES string of the molecule is Cc1ccc2[nH]c(C(=O)NN)c(-c3ccccc3)c2c1. The molecule has 1 amide bonds. The largest absolute Gasteiger partial charge is 0.350 e. The van der Waals surface area contributed by atoms with E-state index in [1.54, 1.807) is 0 Å². The summed E-state index contributed by atoms with van der Waals surface area (Å²) in [7, 11) is 0. The van der Waals surface area contributed by atoms with Crippen molar-refractivity contribution in [1.29, 1.82) is 0 Å². The minimum Gasteiger partial charge on any atom is -0.350 e.